The average Bonchev–Trinajstić information content (AvgIpc) is 3.04. The third-order valence-corrected chi connectivity index (χ3v) is 3.95. The maximum atomic E-state index is 11.9. The van der Waals surface area contributed by atoms with E-state index in [0.717, 1.165) is 37.8 Å². The van der Waals surface area contributed by atoms with Crippen molar-refractivity contribution >= 4 is 5.91 Å². The molecule has 15 heavy (non-hydrogen) atoms. The highest BCUT2D eigenvalue weighted by molar-refractivity contribution is 5.81. The first kappa shape index (κ1) is 11.0. The minimum absolute atomic E-state index is 0.403. The zero-order valence-corrected chi connectivity index (χ0v) is 10.0. The Labute approximate surface area is 93.0 Å². The number of hydrogen-bond acceptors (Lipinski definition) is 1. The van der Waals surface area contributed by atoms with E-state index < -0.39 is 0 Å². The van der Waals surface area contributed by atoms with Crippen molar-refractivity contribution in [3.05, 3.63) is 0 Å². The molecule has 0 bridgehead atoms. The van der Waals surface area contributed by atoms with E-state index in [-0.39, 0.29) is 0 Å². The largest absolute Gasteiger partial charge is 0.342 e. The van der Waals surface area contributed by atoms with Gasteiger partial charge < -0.3 is 4.90 Å². The van der Waals surface area contributed by atoms with Gasteiger partial charge in [0.2, 0.25) is 5.91 Å². The first-order chi connectivity index (χ1) is 7.18. The first-order valence-electron chi connectivity index (χ1n) is 6.47. The van der Waals surface area contributed by atoms with Crippen LogP contribution in [0.1, 0.15) is 46.0 Å². The molecule has 2 fully saturated rings. The molecule has 0 spiro atoms. The summed E-state index contributed by atoms with van der Waals surface area (Å²) in [5, 5.41) is 0. The molecule has 1 aliphatic heterocycles. The topological polar surface area (TPSA) is 20.3 Å². The second-order valence-electron chi connectivity index (χ2n) is 5.53. The molecule has 1 unspecified atom stereocenters. The van der Waals surface area contributed by atoms with Crippen LogP contribution in [0.5, 0.6) is 0 Å². The molecule has 0 aromatic heterocycles. The molecule has 1 heterocycles. The maximum absolute atomic E-state index is 11.9. The molecule has 86 valence electrons. The summed E-state index contributed by atoms with van der Waals surface area (Å²) >= 11 is 0. The Kier molecular flexibility index (Phi) is 3.32. The average molecular weight is 209 g/mol. The lowest BCUT2D eigenvalue weighted by atomic mass is 9.89. The molecule has 0 aromatic rings. The number of likely N-dealkylation sites (tertiary alicyclic amines) is 1. The summed E-state index contributed by atoms with van der Waals surface area (Å²) in [5.41, 5.74) is 0. The number of carbonyl (C=O) groups excluding carboxylic acids is 1. The molecule has 1 saturated carbocycles. The quantitative estimate of drug-likeness (QED) is 0.684. The highest BCUT2D eigenvalue weighted by Crippen LogP contribution is 2.32. The van der Waals surface area contributed by atoms with Crippen LogP contribution < -0.4 is 0 Å². The van der Waals surface area contributed by atoms with Crippen LogP contribution in [0.15, 0.2) is 0 Å². The molecule has 1 saturated heterocycles. The van der Waals surface area contributed by atoms with Gasteiger partial charge in [-0.2, -0.15) is 0 Å². The predicted octanol–water partition coefficient (Wildman–Crippen LogP) is 2.68. The second-order valence-corrected chi connectivity index (χ2v) is 5.53. The molecule has 0 N–H and O–H groups in total. The molecule has 2 aliphatic rings. The monoisotopic (exact) mass is 209 g/mol. The molecule has 2 nitrogen and oxygen atoms in total. The highest BCUT2D eigenvalue weighted by atomic mass is 16.2. The molecule has 2 rings (SSSR count). The summed E-state index contributed by atoms with van der Waals surface area (Å²) in [6.07, 6.45) is 6.02. The Balaban J connectivity index is 1.86. The van der Waals surface area contributed by atoms with E-state index in [2.05, 4.69) is 18.7 Å². The number of nitrogens with zero attached hydrogens (tertiary/aromatic N) is 1. The van der Waals surface area contributed by atoms with Crippen LogP contribution >= 0.6 is 0 Å². The minimum atomic E-state index is 0.403. The van der Waals surface area contributed by atoms with Crippen molar-refractivity contribution < 1.29 is 4.79 Å². The van der Waals surface area contributed by atoms with Gasteiger partial charge in [-0.1, -0.05) is 13.8 Å². The van der Waals surface area contributed by atoms with Crippen LogP contribution in [0.4, 0.5) is 0 Å². The van der Waals surface area contributed by atoms with Crippen LogP contribution in [0, 0.1) is 17.8 Å². The zero-order chi connectivity index (χ0) is 10.8. The smallest absolute Gasteiger partial charge is 0.225 e. The van der Waals surface area contributed by atoms with E-state index in [1.165, 1.54) is 19.3 Å². The Bertz CT molecular complexity index is 233. The molecule has 1 aliphatic carbocycles. The molecule has 1 atom stereocenters. The van der Waals surface area contributed by atoms with Gasteiger partial charge in [0.25, 0.3) is 0 Å². The Hall–Kier alpha value is -0.530. The van der Waals surface area contributed by atoms with E-state index in [1.54, 1.807) is 0 Å². The van der Waals surface area contributed by atoms with E-state index in [1.807, 2.05) is 0 Å². The number of rotatable bonds is 2. The van der Waals surface area contributed by atoms with Crippen molar-refractivity contribution in [3.8, 4) is 0 Å². The van der Waals surface area contributed by atoms with Crippen molar-refractivity contribution in [2.24, 2.45) is 17.8 Å². The SMILES string of the molecule is CC(C)C1CCCN(C(=O)C2CC2)CC1. The van der Waals surface area contributed by atoms with Gasteiger partial charge in [-0.05, 0) is 43.9 Å². The second kappa shape index (κ2) is 4.54. The minimum Gasteiger partial charge on any atom is -0.342 e. The van der Waals surface area contributed by atoms with Gasteiger partial charge in [-0.15, -0.1) is 0 Å². The molecule has 2 heteroatoms. The van der Waals surface area contributed by atoms with Gasteiger partial charge in [0.1, 0.15) is 0 Å². The fourth-order valence-corrected chi connectivity index (χ4v) is 2.60. The van der Waals surface area contributed by atoms with Gasteiger partial charge >= 0.3 is 0 Å². The molecular weight excluding hydrogens is 186 g/mol. The van der Waals surface area contributed by atoms with Gasteiger partial charge in [0.05, 0.1) is 0 Å². The Morgan fingerprint density at radius 3 is 2.47 bits per heavy atom. The van der Waals surface area contributed by atoms with Gasteiger partial charge in [-0.3, -0.25) is 4.79 Å². The zero-order valence-electron chi connectivity index (χ0n) is 10.0. The molecule has 1 amide bonds. The summed E-state index contributed by atoms with van der Waals surface area (Å²) in [6.45, 7) is 6.64. The molecular formula is C13H23NO. The van der Waals surface area contributed by atoms with Crippen LogP contribution in [0.25, 0.3) is 0 Å². The van der Waals surface area contributed by atoms with Crippen molar-refractivity contribution in [1.82, 2.24) is 4.90 Å². The summed E-state index contributed by atoms with van der Waals surface area (Å²) < 4.78 is 0. The van der Waals surface area contributed by atoms with Crippen molar-refractivity contribution in [2.75, 3.05) is 13.1 Å². The standard InChI is InChI=1S/C13H23NO/c1-10(2)11-4-3-8-14(9-7-11)13(15)12-5-6-12/h10-12H,3-9H2,1-2H3. The van der Waals surface area contributed by atoms with Crippen LogP contribution in [0.3, 0.4) is 0 Å². The lowest BCUT2D eigenvalue weighted by Crippen LogP contribution is -2.33. The van der Waals surface area contributed by atoms with Crippen LogP contribution in [-0.4, -0.2) is 23.9 Å². The van der Waals surface area contributed by atoms with E-state index in [0.29, 0.717) is 11.8 Å². The van der Waals surface area contributed by atoms with E-state index >= 15 is 0 Å². The summed E-state index contributed by atoms with van der Waals surface area (Å²) in [5.74, 6) is 2.46. The summed E-state index contributed by atoms with van der Waals surface area (Å²) in [4.78, 5) is 14.0. The van der Waals surface area contributed by atoms with Crippen LogP contribution in [-0.2, 0) is 4.79 Å². The Morgan fingerprint density at radius 1 is 1.13 bits per heavy atom. The van der Waals surface area contributed by atoms with Crippen molar-refractivity contribution in [1.29, 1.82) is 0 Å². The van der Waals surface area contributed by atoms with Crippen molar-refractivity contribution in [3.63, 3.8) is 0 Å². The van der Waals surface area contributed by atoms with Gasteiger partial charge in [0, 0.05) is 19.0 Å². The lowest BCUT2D eigenvalue weighted by molar-refractivity contribution is -0.132. The van der Waals surface area contributed by atoms with E-state index in [9.17, 15) is 4.79 Å². The number of carbonyl (C=O) groups is 1. The highest BCUT2D eigenvalue weighted by Gasteiger charge is 2.34. The fraction of sp³-hybridized carbons (Fsp3) is 0.923. The normalized spacial score (nSPS) is 27.9. The predicted molar refractivity (Wildman–Crippen MR) is 61.5 cm³/mol. The first-order valence-corrected chi connectivity index (χ1v) is 6.47. The summed E-state index contributed by atoms with van der Waals surface area (Å²) in [7, 11) is 0. The number of hydrogen-bond donors (Lipinski definition) is 0. The lowest BCUT2D eigenvalue weighted by Gasteiger charge is -2.21. The maximum Gasteiger partial charge on any atom is 0.225 e. The van der Waals surface area contributed by atoms with Gasteiger partial charge in [0.15, 0.2) is 0 Å². The van der Waals surface area contributed by atoms with E-state index in [4.69, 9.17) is 0 Å². The van der Waals surface area contributed by atoms with Crippen molar-refractivity contribution in [2.45, 2.75) is 46.0 Å². The fourth-order valence-electron chi connectivity index (χ4n) is 2.60. The molecule has 0 aromatic carbocycles. The van der Waals surface area contributed by atoms with Crippen LogP contribution in [0.2, 0.25) is 0 Å². The molecule has 0 radical (unpaired) electrons. The third kappa shape index (κ3) is 2.73. The Morgan fingerprint density at radius 2 is 1.87 bits per heavy atom. The number of amides is 1. The third-order valence-electron chi connectivity index (χ3n) is 3.95. The summed E-state index contributed by atoms with van der Waals surface area (Å²) in [6, 6.07) is 0. The van der Waals surface area contributed by atoms with Gasteiger partial charge in [-0.25, -0.2) is 0 Å².